The molecule has 2 saturated heterocycles. The lowest BCUT2D eigenvalue weighted by Gasteiger charge is -2.37. The van der Waals surface area contributed by atoms with Crippen LogP contribution >= 0.6 is 11.3 Å². The highest BCUT2D eigenvalue weighted by atomic mass is 32.1. The first-order valence-corrected chi connectivity index (χ1v) is 12.9. The van der Waals surface area contributed by atoms with Crippen molar-refractivity contribution in [1.82, 2.24) is 10.2 Å². The minimum Gasteiger partial charge on any atom is -0.465 e. The molecule has 1 aromatic carbocycles. The summed E-state index contributed by atoms with van der Waals surface area (Å²) in [6, 6.07) is 7.90. The largest absolute Gasteiger partial charge is 0.465 e. The summed E-state index contributed by atoms with van der Waals surface area (Å²) in [6.45, 7) is 7.88. The monoisotopic (exact) mass is 497 g/mol. The van der Waals surface area contributed by atoms with Gasteiger partial charge in [0.2, 0.25) is 5.91 Å². The maximum absolute atomic E-state index is 13.1. The Morgan fingerprint density at radius 1 is 1.20 bits per heavy atom. The molecule has 2 N–H and O–H groups in total. The number of benzene rings is 1. The number of nitrogens with zero attached hydrogens (tertiary/aromatic N) is 2. The number of carbonyl (C=O) groups is 3. The number of nitrogens with one attached hydrogen (secondary N) is 1. The van der Waals surface area contributed by atoms with Gasteiger partial charge in [0.25, 0.3) is 0 Å². The number of likely N-dealkylation sites (tertiary alicyclic amines) is 1. The number of rotatable bonds is 5. The molecular weight excluding hydrogens is 466 g/mol. The summed E-state index contributed by atoms with van der Waals surface area (Å²) < 4.78 is 5.57. The number of thiophene rings is 1. The summed E-state index contributed by atoms with van der Waals surface area (Å²) in [6.07, 6.45) is 0.668. The van der Waals surface area contributed by atoms with E-state index < -0.39 is 6.09 Å². The van der Waals surface area contributed by atoms with Gasteiger partial charge in [-0.25, -0.2) is 4.79 Å². The van der Waals surface area contributed by atoms with Crippen molar-refractivity contribution in [3.8, 4) is 11.1 Å². The van der Waals surface area contributed by atoms with Crippen LogP contribution in [0, 0.1) is 5.41 Å². The lowest BCUT2D eigenvalue weighted by atomic mass is 9.75. The average molecular weight is 498 g/mol. The first kappa shape index (κ1) is 23.8. The van der Waals surface area contributed by atoms with Crippen LogP contribution in [0.5, 0.6) is 0 Å². The molecule has 186 valence electrons. The van der Waals surface area contributed by atoms with Crippen molar-refractivity contribution in [1.29, 1.82) is 0 Å². The van der Waals surface area contributed by atoms with Gasteiger partial charge < -0.3 is 25.0 Å². The van der Waals surface area contributed by atoms with Gasteiger partial charge in [0.05, 0.1) is 35.6 Å². The highest BCUT2D eigenvalue weighted by Gasteiger charge is 2.37. The van der Waals surface area contributed by atoms with Crippen molar-refractivity contribution < 1.29 is 24.2 Å². The summed E-state index contributed by atoms with van der Waals surface area (Å²) in [5.74, 6) is 0.0997. The third kappa shape index (κ3) is 4.92. The van der Waals surface area contributed by atoms with Gasteiger partial charge in [0.1, 0.15) is 0 Å². The zero-order chi connectivity index (χ0) is 24.7. The molecule has 1 aromatic heterocycles. The molecule has 0 radical (unpaired) electrons. The third-order valence-corrected chi connectivity index (χ3v) is 8.27. The van der Waals surface area contributed by atoms with E-state index in [1.54, 1.807) is 11.3 Å². The van der Waals surface area contributed by atoms with Gasteiger partial charge in [-0.05, 0) is 28.5 Å². The summed E-state index contributed by atoms with van der Waals surface area (Å²) in [4.78, 5) is 41.1. The standard InChI is InChI=1S/C26H31N3O5S/c1-26(2)12-19-22(24(28-6-8-34-9-7-28)35-23(19)20(30)13-26)17-5-3-4-16(10-17)11-21(31)27-18-14-29(15-18)25(32)33/h3-5,10,18H,6-9,11-15H2,1-2H3,(H,27,31)(H,32,33). The van der Waals surface area contributed by atoms with E-state index in [1.807, 2.05) is 12.1 Å². The first-order valence-electron chi connectivity index (χ1n) is 12.1. The molecule has 0 spiro atoms. The predicted molar refractivity (Wildman–Crippen MR) is 134 cm³/mol. The Morgan fingerprint density at radius 3 is 2.66 bits per heavy atom. The zero-order valence-electron chi connectivity index (χ0n) is 20.1. The Balaban J connectivity index is 1.42. The molecule has 2 aliphatic heterocycles. The van der Waals surface area contributed by atoms with Crippen molar-refractivity contribution in [3.63, 3.8) is 0 Å². The molecule has 9 heteroatoms. The quantitative estimate of drug-likeness (QED) is 0.657. The van der Waals surface area contributed by atoms with Gasteiger partial charge in [-0.15, -0.1) is 11.3 Å². The van der Waals surface area contributed by atoms with Crippen molar-refractivity contribution in [2.75, 3.05) is 44.3 Å². The van der Waals surface area contributed by atoms with Crippen LogP contribution in [0.2, 0.25) is 0 Å². The third-order valence-electron chi connectivity index (χ3n) is 6.93. The van der Waals surface area contributed by atoms with Crippen molar-refractivity contribution in [2.24, 2.45) is 5.41 Å². The van der Waals surface area contributed by atoms with E-state index in [-0.39, 0.29) is 29.6 Å². The Bertz CT molecular complexity index is 1160. The first-order chi connectivity index (χ1) is 16.7. The number of morpholine rings is 1. The molecule has 35 heavy (non-hydrogen) atoms. The van der Waals surface area contributed by atoms with Crippen molar-refractivity contribution in [3.05, 3.63) is 40.3 Å². The highest BCUT2D eigenvalue weighted by Crippen LogP contribution is 2.49. The molecule has 0 saturated carbocycles. The fraction of sp³-hybridized carbons (Fsp3) is 0.500. The average Bonchev–Trinajstić information content (AvgIpc) is 3.15. The molecular formula is C26H31N3O5S. The van der Waals surface area contributed by atoms with Crippen LogP contribution in [0.1, 0.15) is 41.1 Å². The Kier molecular flexibility index (Phi) is 6.31. The number of hydrogen-bond donors (Lipinski definition) is 2. The minimum absolute atomic E-state index is 0.0910. The van der Waals surface area contributed by atoms with Crippen LogP contribution < -0.4 is 10.2 Å². The normalized spacial score (nSPS) is 19.8. The number of anilines is 1. The van der Waals surface area contributed by atoms with E-state index in [0.29, 0.717) is 32.7 Å². The number of fused-ring (bicyclic) bond motifs is 1. The molecule has 0 bridgehead atoms. The molecule has 8 nitrogen and oxygen atoms in total. The van der Waals surface area contributed by atoms with E-state index in [4.69, 9.17) is 9.84 Å². The van der Waals surface area contributed by atoms with Gasteiger partial charge in [0, 0.05) is 38.2 Å². The van der Waals surface area contributed by atoms with Gasteiger partial charge in [0.15, 0.2) is 5.78 Å². The maximum atomic E-state index is 13.1. The lowest BCUT2D eigenvalue weighted by molar-refractivity contribution is -0.122. The van der Waals surface area contributed by atoms with Crippen molar-refractivity contribution >= 4 is 34.1 Å². The molecule has 3 heterocycles. The molecule has 1 aliphatic carbocycles. The molecule has 0 unspecified atom stereocenters. The second kappa shape index (κ2) is 9.28. The number of amides is 2. The second-order valence-electron chi connectivity index (χ2n) is 10.5. The van der Waals surface area contributed by atoms with E-state index in [9.17, 15) is 14.4 Å². The van der Waals surface area contributed by atoms with E-state index >= 15 is 0 Å². The van der Waals surface area contributed by atoms with E-state index in [0.717, 1.165) is 51.6 Å². The van der Waals surface area contributed by atoms with Crippen LogP contribution in [0.4, 0.5) is 9.80 Å². The Hall–Kier alpha value is -2.91. The number of ether oxygens (including phenoxy) is 1. The SMILES string of the molecule is CC1(C)CC(=O)c2sc(N3CCOCC3)c(-c3cccc(CC(=O)NC4CN(C(=O)O)C4)c3)c2C1. The van der Waals surface area contributed by atoms with Crippen LogP contribution in [0.25, 0.3) is 11.1 Å². The smallest absolute Gasteiger partial charge is 0.407 e. The number of Topliss-reactive ketones (excluding diaryl/α,β-unsaturated/α-hetero) is 1. The van der Waals surface area contributed by atoms with E-state index in [1.165, 1.54) is 4.90 Å². The maximum Gasteiger partial charge on any atom is 0.407 e. The molecule has 2 aromatic rings. The Morgan fingerprint density at radius 2 is 1.94 bits per heavy atom. The molecule has 2 fully saturated rings. The Labute approximate surface area is 208 Å². The van der Waals surface area contributed by atoms with E-state index in [2.05, 4.69) is 36.2 Å². The van der Waals surface area contributed by atoms with Crippen LogP contribution in [0.3, 0.4) is 0 Å². The summed E-state index contributed by atoms with van der Waals surface area (Å²) in [7, 11) is 0. The minimum atomic E-state index is -0.958. The number of hydrogen-bond acceptors (Lipinski definition) is 6. The van der Waals surface area contributed by atoms with Crippen molar-refractivity contribution in [2.45, 2.75) is 39.2 Å². The van der Waals surface area contributed by atoms with Crippen LogP contribution in [-0.2, 0) is 22.4 Å². The number of carbonyl (C=O) groups excluding carboxylic acids is 2. The van der Waals surface area contributed by atoms with Gasteiger partial charge >= 0.3 is 6.09 Å². The number of ketones is 1. The van der Waals surface area contributed by atoms with Crippen LogP contribution in [-0.4, -0.2) is 73.2 Å². The molecule has 2 amide bonds. The second-order valence-corrected chi connectivity index (χ2v) is 11.5. The highest BCUT2D eigenvalue weighted by molar-refractivity contribution is 7.19. The van der Waals surface area contributed by atoms with Gasteiger partial charge in [-0.3, -0.25) is 9.59 Å². The topological polar surface area (TPSA) is 99.2 Å². The number of carboxylic acid groups (broad SMARTS) is 1. The van der Waals surface area contributed by atoms with Gasteiger partial charge in [-0.2, -0.15) is 0 Å². The summed E-state index contributed by atoms with van der Waals surface area (Å²) >= 11 is 1.60. The fourth-order valence-corrected chi connectivity index (χ4v) is 6.55. The predicted octanol–water partition coefficient (Wildman–Crippen LogP) is 3.43. The lowest BCUT2D eigenvalue weighted by Crippen LogP contribution is -2.60. The summed E-state index contributed by atoms with van der Waals surface area (Å²) in [5, 5.41) is 13.0. The van der Waals surface area contributed by atoms with Crippen LogP contribution in [0.15, 0.2) is 24.3 Å². The zero-order valence-corrected chi connectivity index (χ0v) is 21.0. The summed E-state index contributed by atoms with van der Waals surface area (Å²) in [5.41, 5.74) is 4.07. The molecule has 0 atom stereocenters. The van der Waals surface area contributed by atoms with Gasteiger partial charge in [-0.1, -0.05) is 38.1 Å². The molecule has 3 aliphatic rings. The fourth-order valence-electron chi connectivity index (χ4n) is 5.22. The molecule has 5 rings (SSSR count).